The van der Waals surface area contributed by atoms with Crippen LogP contribution in [0.1, 0.15) is 60.6 Å². The highest BCUT2D eigenvalue weighted by molar-refractivity contribution is 5.96. The maximum absolute atomic E-state index is 13.4. The van der Waals surface area contributed by atoms with E-state index < -0.39 is 0 Å². The average Bonchev–Trinajstić information content (AvgIpc) is 2.93. The fourth-order valence-corrected chi connectivity index (χ4v) is 5.70. The van der Waals surface area contributed by atoms with Crippen LogP contribution in [0.3, 0.4) is 0 Å². The van der Waals surface area contributed by atoms with E-state index >= 15 is 0 Å². The highest BCUT2D eigenvalue weighted by Crippen LogP contribution is 2.34. The second kappa shape index (κ2) is 10.7. The molecule has 0 saturated carbocycles. The molecule has 0 aliphatic carbocycles. The van der Waals surface area contributed by atoms with E-state index in [2.05, 4.69) is 32.8 Å². The van der Waals surface area contributed by atoms with E-state index in [-0.39, 0.29) is 5.91 Å². The van der Waals surface area contributed by atoms with Crippen LogP contribution in [0, 0.1) is 6.92 Å². The maximum atomic E-state index is 13.4. The Hall–Kier alpha value is -3.32. The number of nitrogens with zero attached hydrogens (tertiary/aromatic N) is 5. The predicted octanol–water partition coefficient (Wildman–Crippen LogP) is 4.75. The van der Waals surface area contributed by atoms with Gasteiger partial charge >= 0.3 is 0 Å². The van der Waals surface area contributed by atoms with Gasteiger partial charge in [-0.25, -0.2) is 15.0 Å². The lowest BCUT2D eigenvalue weighted by Gasteiger charge is -2.40. The molecule has 2 aliphatic rings. The van der Waals surface area contributed by atoms with Crippen LogP contribution in [0.2, 0.25) is 0 Å². The highest BCUT2D eigenvalue weighted by Gasteiger charge is 2.28. The summed E-state index contributed by atoms with van der Waals surface area (Å²) in [5.74, 6) is 0.616. The van der Waals surface area contributed by atoms with Crippen molar-refractivity contribution in [3.63, 3.8) is 0 Å². The zero-order valence-corrected chi connectivity index (χ0v) is 21.4. The second-order valence-corrected chi connectivity index (χ2v) is 10.0. The summed E-state index contributed by atoms with van der Waals surface area (Å²) >= 11 is 0. The summed E-state index contributed by atoms with van der Waals surface area (Å²) in [5, 5.41) is 0. The molecular formula is C29H36N6O. The van der Waals surface area contributed by atoms with E-state index in [1.165, 1.54) is 32.4 Å². The normalized spacial score (nSPS) is 17.3. The van der Waals surface area contributed by atoms with Crippen molar-refractivity contribution in [1.82, 2.24) is 24.8 Å². The van der Waals surface area contributed by atoms with Crippen LogP contribution in [-0.2, 0) is 6.42 Å². The first-order valence-electron chi connectivity index (χ1n) is 13.2. The number of nitrogens with two attached hydrogens (primary N) is 1. The number of benzene rings is 1. The quantitative estimate of drug-likeness (QED) is 0.562. The first kappa shape index (κ1) is 24.4. The topological polar surface area (TPSA) is 88.2 Å². The van der Waals surface area contributed by atoms with Crippen molar-refractivity contribution in [3.8, 4) is 22.4 Å². The molecule has 7 nitrogen and oxygen atoms in total. The molecule has 7 heteroatoms. The third kappa shape index (κ3) is 4.98. The molecule has 0 atom stereocenters. The molecule has 0 spiro atoms. The minimum atomic E-state index is 0.135. The summed E-state index contributed by atoms with van der Waals surface area (Å²) in [4.78, 5) is 31.6. The molecule has 2 aliphatic heterocycles. The van der Waals surface area contributed by atoms with Crippen molar-refractivity contribution in [2.24, 2.45) is 0 Å². The predicted molar refractivity (Wildman–Crippen MR) is 144 cm³/mol. The Morgan fingerprint density at radius 2 is 1.72 bits per heavy atom. The zero-order chi connectivity index (χ0) is 25.1. The number of carbonyl (C=O) groups is 1. The van der Waals surface area contributed by atoms with Gasteiger partial charge in [-0.3, -0.25) is 4.79 Å². The summed E-state index contributed by atoms with van der Waals surface area (Å²) < 4.78 is 0. The van der Waals surface area contributed by atoms with Gasteiger partial charge in [-0.05, 0) is 81.9 Å². The van der Waals surface area contributed by atoms with Gasteiger partial charge in [0.15, 0.2) is 0 Å². The lowest BCUT2D eigenvalue weighted by molar-refractivity contribution is 0.0589. The first-order chi connectivity index (χ1) is 17.5. The van der Waals surface area contributed by atoms with Gasteiger partial charge in [-0.15, -0.1) is 0 Å². The number of carbonyl (C=O) groups excluding carboxylic acids is 1. The van der Waals surface area contributed by atoms with Gasteiger partial charge in [-0.1, -0.05) is 19.4 Å². The molecule has 188 valence electrons. The van der Waals surface area contributed by atoms with Crippen LogP contribution < -0.4 is 5.73 Å². The summed E-state index contributed by atoms with van der Waals surface area (Å²) in [5.41, 5.74) is 12.2. The number of hydrogen-bond donors (Lipinski definition) is 1. The van der Waals surface area contributed by atoms with Crippen molar-refractivity contribution in [3.05, 3.63) is 59.7 Å². The van der Waals surface area contributed by atoms with Gasteiger partial charge in [0.2, 0.25) is 0 Å². The summed E-state index contributed by atoms with van der Waals surface area (Å²) in [7, 11) is 0. The number of rotatable bonds is 5. The van der Waals surface area contributed by atoms with Crippen molar-refractivity contribution in [2.75, 3.05) is 31.9 Å². The van der Waals surface area contributed by atoms with E-state index in [0.717, 1.165) is 71.6 Å². The molecule has 1 aromatic carbocycles. The molecule has 2 saturated heterocycles. The smallest absolute Gasteiger partial charge is 0.254 e. The average molecular weight is 485 g/mol. The van der Waals surface area contributed by atoms with Gasteiger partial charge in [0, 0.05) is 47.6 Å². The van der Waals surface area contributed by atoms with E-state index in [1.807, 2.05) is 30.0 Å². The Morgan fingerprint density at radius 3 is 2.39 bits per heavy atom. The molecule has 2 fully saturated rings. The van der Waals surface area contributed by atoms with Crippen LogP contribution >= 0.6 is 0 Å². The first-order valence-corrected chi connectivity index (χ1v) is 13.2. The Kier molecular flexibility index (Phi) is 7.28. The van der Waals surface area contributed by atoms with Gasteiger partial charge in [0.05, 0.1) is 11.4 Å². The molecule has 36 heavy (non-hydrogen) atoms. The number of hydrogen-bond acceptors (Lipinski definition) is 6. The monoisotopic (exact) mass is 484 g/mol. The SMILES string of the molecule is CCc1ncnc(-c2ccc(C(=O)N3CCC(N4CCCCC4)CC3)c(C)c2)c1-c1ccc(N)nc1. The van der Waals surface area contributed by atoms with Crippen molar-refractivity contribution < 1.29 is 4.79 Å². The Bertz CT molecular complexity index is 1210. The van der Waals surface area contributed by atoms with E-state index in [4.69, 9.17) is 5.73 Å². The molecule has 1 amide bonds. The number of pyridine rings is 1. The van der Waals surface area contributed by atoms with Crippen LogP contribution in [0.5, 0.6) is 0 Å². The second-order valence-electron chi connectivity index (χ2n) is 10.0. The lowest BCUT2D eigenvalue weighted by atomic mass is 9.94. The number of aromatic nitrogens is 3. The Morgan fingerprint density at radius 1 is 0.972 bits per heavy atom. The largest absolute Gasteiger partial charge is 0.384 e. The molecule has 0 unspecified atom stereocenters. The van der Waals surface area contributed by atoms with E-state index in [1.54, 1.807) is 18.6 Å². The fraction of sp³-hybridized carbons (Fsp3) is 0.448. The van der Waals surface area contributed by atoms with E-state index in [0.29, 0.717) is 11.9 Å². The minimum Gasteiger partial charge on any atom is -0.384 e. The molecule has 0 bridgehead atoms. The molecule has 2 N–H and O–H groups in total. The van der Waals surface area contributed by atoms with Crippen LogP contribution in [0.4, 0.5) is 5.82 Å². The Labute approximate surface area is 213 Å². The Balaban J connectivity index is 1.36. The molecule has 4 heterocycles. The zero-order valence-electron chi connectivity index (χ0n) is 21.4. The number of likely N-dealkylation sites (tertiary alicyclic amines) is 2. The van der Waals surface area contributed by atoms with Crippen molar-refractivity contribution in [1.29, 1.82) is 0 Å². The maximum Gasteiger partial charge on any atom is 0.254 e. The summed E-state index contributed by atoms with van der Waals surface area (Å²) in [6.07, 6.45) is 10.3. The van der Waals surface area contributed by atoms with Crippen LogP contribution in [0.25, 0.3) is 22.4 Å². The van der Waals surface area contributed by atoms with Crippen LogP contribution in [-0.4, -0.2) is 62.9 Å². The number of nitrogen functional groups attached to an aromatic ring is 1. The van der Waals surface area contributed by atoms with Gasteiger partial charge < -0.3 is 15.5 Å². The fourth-order valence-electron chi connectivity index (χ4n) is 5.70. The number of amides is 1. The molecule has 2 aromatic heterocycles. The number of piperidine rings is 2. The minimum absolute atomic E-state index is 0.135. The van der Waals surface area contributed by atoms with Gasteiger partial charge in [-0.2, -0.15) is 0 Å². The number of aryl methyl sites for hydroxylation is 2. The molecular weight excluding hydrogens is 448 g/mol. The van der Waals surface area contributed by atoms with Gasteiger partial charge in [0.25, 0.3) is 5.91 Å². The summed E-state index contributed by atoms with van der Waals surface area (Å²) in [6, 6.07) is 10.4. The van der Waals surface area contributed by atoms with Crippen molar-refractivity contribution >= 4 is 11.7 Å². The molecule has 0 radical (unpaired) electrons. The highest BCUT2D eigenvalue weighted by atomic mass is 16.2. The third-order valence-corrected chi connectivity index (χ3v) is 7.72. The third-order valence-electron chi connectivity index (χ3n) is 7.72. The summed E-state index contributed by atoms with van der Waals surface area (Å²) in [6.45, 7) is 8.21. The van der Waals surface area contributed by atoms with E-state index in [9.17, 15) is 4.79 Å². The number of anilines is 1. The van der Waals surface area contributed by atoms with Gasteiger partial charge in [0.1, 0.15) is 12.1 Å². The van der Waals surface area contributed by atoms with Crippen LogP contribution in [0.15, 0.2) is 42.9 Å². The lowest BCUT2D eigenvalue weighted by Crippen LogP contribution is -2.48. The molecule has 5 rings (SSSR count). The standard InChI is InChI=1S/C29H36N6O/c1-3-25-27(22-8-10-26(30)31-18-22)28(33-19-32-25)21-7-9-24(20(2)17-21)29(36)35-15-11-23(12-16-35)34-13-5-4-6-14-34/h7-10,17-19,23H,3-6,11-16H2,1-2H3,(H2,30,31). The van der Waals surface area contributed by atoms with Crippen molar-refractivity contribution in [2.45, 2.75) is 58.4 Å². The molecule has 3 aromatic rings.